The summed E-state index contributed by atoms with van der Waals surface area (Å²) in [7, 11) is 0. The van der Waals surface area contributed by atoms with E-state index in [-0.39, 0.29) is 23.3 Å². The second kappa shape index (κ2) is 5.28. The molecule has 1 fully saturated rings. The molecule has 1 N–H and O–H groups in total. The maximum atomic E-state index is 13.2. The van der Waals surface area contributed by atoms with Gasteiger partial charge >= 0.3 is 0 Å². The summed E-state index contributed by atoms with van der Waals surface area (Å²) in [6.07, 6.45) is 8.19. The molecule has 2 atom stereocenters. The minimum absolute atomic E-state index is 0.0827. The number of fused-ring (bicyclic) bond motifs is 2. The third-order valence-electron chi connectivity index (χ3n) is 6.46. The molecule has 1 aromatic carbocycles. The summed E-state index contributed by atoms with van der Waals surface area (Å²) in [5.74, 6) is -0.235. The number of nitrogens with zero attached hydrogens (tertiary/aromatic N) is 2. The molecule has 2 aliphatic carbocycles. The van der Waals surface area contributed by atoms with Crippen molar-refractivity contribution in [2.45, 2.75) is 39.5 Å². The minimum Gasteiger partial charge on any atom is -0.396 e. The number of hydrogen-bond acceptors (Lipinski definition) is 2. The predicted octanol–water partition coefficient (Wildman–Crippen LogP) is 4.14. The molecule has 2 unspecified atom stereocenters. The van der Waals surface area contributed by atoms with E-state index in [0.717, 1.165) is 37.1 Å². The first-order chi connectivity index (χ1) is 11.5. The summed E-state index contributed by atoms with van der Waals surface area (Å²) in [5.41, 5.74) is 4.89. The van der Waals surface area contributed by atoms with E-state index < -0.39 is 0 Å². The smallest absolute Gasteiger partial charge is 0.123 e. The van der Waals surface area contributed by atoms with Gasteiger partial charge in [-0.1, -0.05) is 19.4 Å². The van der Waals surface area contributed by atoms with Gasteiger partial charge in [-0.2, -0.15) is 5.10 Å². The normalized spacial score (nSPS) is 28.4. The van der Waals surface area contributed by atoms with Crippen LogP contribution in [0.4, 0.5) is 4.39 Å². The van der Waals surface area contributed by atoms with Gasteiger partial charge in [0.1, 0.15) is 5.82 Å². The summed E-state index contributed by atoms with van der Waals surface area (Å²) in [6.45, 7) is 4.88. The molecular weight excluding hydrogens is 303 g/mol. The molecule has 3 nitrogen and oxygen atoms in total. The van der Waals surface area contributed by atoms with Gasteiger partial charge in [0.25, 0.3) is 0 Å². The van der Waals surface area contributed by atoms with Crippen molar-refractivity contribution in [3.05, 3.63) is 53.1 Å². The Hall–Kier alpha value is -1.94. The van der Waals surface area contributed by atoms with Gasteiger partial charge in [0, 0.05) is 6.61 Å². The Morgan fingerprint density at radius 3 is 2.71 bits per heavy atom. The molecular formula is C20H23FN2O. The van der Waals surface area contributed by atoms with Gasteiger partial charge in [-0.3, -0.25) is 0 Å². The van der Waals surface area contributed by atoms with Gasteiger partial charge < -0.3 is 5.11 Å². The molecule has 126 valence electrons. The van der Waals surface area contributed by atoms with Crippen molar-refractivity contribution in [3.8, 4) is 5.69 Å². The average molecular weight is 326 g/mol. The number of hydrogen-bond donors (Lipinski definition) is 1. The van der Waals surface area contributed by atoms with Crippen LogP contribution < -0.4 is 0 Å². The van der Waals surface area contributed by atoms with Crippen molar-refractivity contribution < 1.29 is 9.50 Å². The first-order valence-corrected chi connectivity index (χ1v) is 8.62. The number of rotatable bonds is 3. The van der Waals surface area contributed by atoms with Gasteiger partial charge in [-0.05, 0) is 72.4 Å². The second-order valence-corrected chi connectivity index (χ2v) is 7.66. The highest BCUT2D eigenvalue weighted by atomic mass is 19.1. The van der Waals surface area contributed by atoms with E-state index >= 15 is 0 Å². The fourth-order valence-corrected chi connectivity index (χ4v) is 4.57. The Bertz CT molecular complexity index is 808. The summed E-state index contributed by atoms with van der Waals surface area (Å²) in [5, 5.41) is 14.1. The van der Waals surface area contributed by atoms with Gasteiger partial charge in [-0.15, -0.1) is 0 Å². The molecule has 0 amide bonds. The van der Waals surface area contributed by atoms with Crippen LogP contribution in [0.1, 0.15) is 44.4 Å². The molecule has 1 saturated carbocycles. The summed E-state index contributed by atoms with van der Waals surface area (Å²) >= 11 is 0. The van der Waals surface area contributed by atoms with Gasteiger partial charge in [-0.25, -0.2) is 9.07 Å². The molecule has 1 heterocycles. The Kier molecular flexibility index (Phi) is 3.43. The van der Waals surface area contributed by atoms with Crippen LogP contribution in [0.15, 0.2) is 36.0 Å². The van der Waals surface area contributed by atoms with Crippen LogP contribution in [0.2, 0.25) is 0 Å². The largest absolute Gasteiger partial charge is 0.396 e. The van der Waals surface area contributed by atoms with Gasteiger partial charge in [0.15, 0.2) is 0 Å². The van der Waals surface area contributed by atoms with Crippen molar-refractivity contribution in [2.24, 2.45) is 10.8 Å². The van der Waals surface area contributed by atoms with Gasteiger partial charge in [0.05, 0.1) is 17.6 Å². The van der Waals surface area contributed by atoms with E-state index in [2.05, 4.69) is 25.0 Å². The first-order valence-electron chi connectivity index (χ1n) is 8.62. The van der Waals surface area contributed by atoms with Crippen LogP contribution in [0.25, 0.3) is 11.8 Å². The standard InChI is InChI=1S/C20H23FN2O/c1-19(9-10-24)8-7-15-11-18-14(12-20(15,19)2)13-22-23(18)17-5-3-16(21)4-6-17/h3-6,11,13,24H,7-10,12H2,1-2H3. The minimum atomic E-state index is -0.235. The lowest BCUT2D eigenvalue weighted by atomic mass is 9.60. The lowest BCUT2D eigenvalue weighted by Crippen LogP contribution is -2.37. The molecule has 2 aromatic rings. The Morgan fingerprint density at radius 1 is 1.25 bits per heavy atom. The fourth-order valence-electron chi connectivity index (χ4n) is 4.57. The molecule has 0 saturated heterocycles. The number of allylic oxidation sites excluding steroid dienone is 1. The van der Waals surface area contributed by atoms with Crippen LogP contribution in [-0.4, -0.2) is 21.5 Å². The highest BCUT2D eigenvalue weighted by Crippen LogP contribution is 2.61. The monoisotopic (exact) mass is 326 g/mol. The van der Waals surface area contributed by atoms with Crippen LogP contribution in [0.5, 0.6) is 0 Å². The van der Waals surface area contributed by atoms with Gasteiger partial charge in [0.2, 0.25) is 0 Å². The summed E-state index contributed by atoms with van der Waals surface area (Å²) < 4.78 is 15.1. The van der Waals surface area contributed by atoms with E-state index in [1.807, 2.05) is 10.9 Å². The van der Waals surface area contributed by atoms with Crippen LogP contribution in [0.3, 0.4) is 0 Å². The quantitative estimate of drug-likeness (QED) is 0.920. The average Bonchev–Trinajstić information content (AvgIpc) is 3.06. The highest BCUT2D eigenvalue weighted by molar-refractivity contribution is 5.62. The highest BCUT2D eigenvalue weighted by Gasteiger charge is 2.52. The van der Waals surface area contributed by atoms with E-state index in [1.54, 1.807) is 12.1 Å². The fraction of sp³-hybridized carbons (Fsp3) is 0.450. The molecule has 0 spiro atoms. The topological polar surface area (TPSA) is 38.1 Å². The SMILES string of the molecule is CC1(CCO)CCC2=Cc3c(cnn3-c3ccc(F)cc3)CC21C. The lowest BCUT2D eigenvalue weighted by molar-refractivity contribution is 0.0947. The molecule has 0 radical (unpaired) electrons. The number of benzene rings is 1. The molecule has 24 heavy (non-hydrogen) atoms. The third kappa shape index (κ3) is 2.09. The Balaban J connectivity index is 1.77. The second-order valence-electron chi connectivity index (χ2n) is 7.66. The molecule has 0 bridgehead atoms. The molecule has 4 heteroatoms. The number of aliphatic hydroxyl groups excluding tert-OH is 1. The number of halogens is 1. The van der Waals surface area contributed by atoms with Crippen molar-refractivity contribution in [1.29, 1.82) is 0 Å². The number of aliphatic hydroxyl groups is 1. The van der Waals surface area contributed by atoms with E-state index in [0.29, 0.717) is 0 Å². The zero-order chi connectivity index (χ0) is 16.9. The maximum absolute atomic E-state index is 13.2. The van der Waals surface area contributed by atoms with E-state index in [1.165, 1.54) is 23.3 Å². The van der Waals surface area contributed by atoms with Crippen molar-refractivity contribution in [3.63, 3.8) is 0 Å². The lowest BCUT2D eigenvalue weighted by Gasteiger charge is -2.43. The van der Waals surface area contributed by atoms with Crippen molar-refractivity contribution in [2.75, 3.05) is 6.61 Å². The van der Waals surface area contributed by atoms with E-state index in [4.69, 9.17) is 0 Å². The van der Waals surface area contributed by atoms with Crippen LogP contribution in [0, 0.1) is 16.6 Å². The van der Waals surface area contributed by atoms with Crippen LogP contribution in [-0.2, 0) is 6.42 Å². The maximum Gasteiger partial charge on any atom is 0.123 e. The van der Waals surface area contributed by atoms with E-state index in [9.17, 15) is 9.50 Å². The molecule has 4 rings (SSSR count). The zero-order valence-corrected chi connectivity index (χ0v) is 14.2. The third-order valence-corrected chi connectivity index (χ3v) is 6.46. The Labute approximate surface area is 141 Å². The summed E-state index contributed by atoms with van der Waals surface area (Å²) in [4.78, 5) is 0. The van der Waals surface area contributed by atoms with Crippen molar-refractivity contribution >= 4 is 6.08 Å². The van der Waals surface area contributed by atoms with Crippen molar-refractivity contribution in [1.82, 2.24) is 9.78 Å². The van der Waals surface area contributed by atoms with Crippen LogP contribution >= 0.6 is 0 Å². The summed E-state index contributed by atoms with van der Waals surface area (Å²) in [6, 6.07) is 6.47. The predicted molar refractivity (Wildman–Crippen MR) is 92.4 cm³/mol. The number of aromatic nitrogens is 2. The first kappa shape index (κ1) is 15.6. The molecule has 0 aliphatic heterocycles. The molecule has 1 aromatic heterocycles. The Morgan fingerprint density at radius 2 is 2.00 bits per heavy atom. The zero-order valence-electron chi connectivity index (χ0n) is 14.2. The molecule has 2 aliphatic rings.